The minimum atomic E-state index is 0.402. The molecule has 0 aliphatic rings. The van der Waals surface area contributed by atoms with Crippen molar-refractivity contribution in [2.45, 2.75) is 13.5 Å². The quantitative estimate of drug-likeness (QED) is 0.783. The number of carbonyl (C=O) groups is 1. The second kappa shape index (κ2) is 5.01. The van der Waals surface area contributed by atoms with Crippen LogP contribution >= 0.6 is 11.6 Å². The summed E-state index contributed by atoms with van der Waals surface area (Å²) in [7, 11) is 0. The molecule has 0 saturated heterocycles. The highest BCUT2D eigenvalue weighted by Crippen LogP contribution is 2.29. The SMILES string of the molecule is CCn1cc(Oc2ccc(C=O)cc2Cl)cn1. The number of aryl methyl sites for hydroxylation is 1. The fourth-order valence-corrected chi connectivity index (χ4v) is 1.60. The average Bonchev–Trinajstić information content (AvgIpc) is 2.79. The summed E-state index contributed by atoms with van der Waals surface area (Å²) in [6, 6.07) is 4.88. The van der Waals surface area contributed by atoms with Crippen molar-refractivity contribution in [1.29, 1.82) is 0 Å². The molecule has 0 bridgehead atoms. The smallest absolute Gasteiger partial charge is 0.165 e. The molecule has 0 atom stereocenters. The highest BCUT2D eigenvalue weighted by atomic mass is 35.5. The van der Waals surface area contributed by atoms with Crippen molar-refractivity contribution >= 4 is 17.9 Å². The zero-order valence-electron chi connectivity index (χ0n) is 9.26. The predicted molar refractivity (Wildman–Crippen MR) is 64.8 cm³/mol. The zero-order valence-corrected chi connectivity index (χ0v) is 10.0. The molecule has 0 saturated carbocycles. The van der Waals surface area contributed by atoms with Crippen molar-refractivity contribution in [2.24, 2.45) is 0 Å². The number of benzene rings is 1. The summed E-state index contributed by atoms with van der Waals surface area (Å²) in [6.45, 7) is 2.77. The lowest BCUT2D eigenvalue weighted by Crippen LogP contribution is -1.92. The summed E-state index contributed by atoms with van der Waals surface area (Å²) >= 11 is 5.99. The molecule has 88 valence electrons. The minimum absolute atomic E-state index is 0.402. The highest BCUT2D eigenvalue weighted by molar-refractivity contribution is 6.32. The van der Waals surface area contributed by atoms with E-state index in [4.69, 9.17) is 16.3 Å². The molecule has 0 aliphatic carbocycles. The monoisotopic (exact) mass is 250 g/mol. The third kappa shape index (κ3) is 2.65. The standard InChI is InChI=1S/C12H11ClN2O2/c1-2-15-7-10(6-14-15)17-12-4-3-9(8-16)5-11(12)13/h3-8H,2H2,1H3. The van der Waals surface area contributed by atoms with Crippen LogP contribution in [0.2, 0.25) is 5.02 Å². The zero-order chi connectivity index (χ0) is 12.3. The Morgan fingerprint density at radius 3 is 2.94 bits per heavy atom. The number of rotatable bonds is 4. The van der Waals surface area contributed by atoms with Crippen LogP contribution in [-0.2, 0) is 6.54 Å². The van der Waals surface area contributed by atoms with Crippen LogP contribution in [0.4, 0.5) is 0 Å². The van der Waals surface area contributed by atoms with E-state index in [-0.39, 0.29) is 0 Å². The molecule has 0 aliphatic heterocycles. The van der Waals surface area contributed by atoms with Gasteiger partial charge in [-0.25, -0.2) is 0 Å². The lowest BCUT2D eigenvalue weighted by molar-refractivity contribution is 0.112. The molecule has 1 heterocycles. The maximum atomic E-state index is 10.6. The number of hydrogen-bond donors (Lipinski definition) is 0. The summed E-state index contributed by atoms with van der Waals surface area (Å²) in [5, 5.41) is 4.49. The van der Waals surface area contributed by atoms with Gasteiger partial charge in [-0.1, -0.05) is 11.6 Å². The Bertz CT molecular complexity index is 537. The van der Waals surface area contributed by atoms with Crippen molar-refractivity contribution in [2.75, 3.05) is 0 Å². The van der Waals surface area contributed by atoms with Crippen LogP contribution in [0.25, 0.3) is 0 Å². The Balaban J connectivity index is 2.20. The summed E-state index contributed by atoms with van der Waals surface area (Å²) < 4.78 is 7.31. The number of carbonyl (C=O) groups excluding carboxylic acids is 1. The van der Waals surface area contributed by atoms with Gasteiger partial charge in [-0.2, -0.15) is 5.10 Å². The molecule has 4 nitrogen and oxygen atoms in total. The minimum Gasteiger partial charge on any atom is -0.452 e. The van der Waals surface area contributed by atoms with Gasteiger partial charge in [0.05, 0.1) is 17.4 Å². The molecule has 1 aromatic heterocycles. The fraction of sp³-hybridized carbons (Fsp3) is 0.167. The molecule has 0 N–H and O–H groups in total. The Morgan fingerprint density at radius 2 is 2.35 bits per heavy atom. The third-order valence-electron chi connectivity index (χ3n) is 2.25. The first kappa shape index (κ1) is 11.7. The predicted octanol–water partition coefficient (Wildman–Crippen LogP) is 3.16. The van der Waals surface area contributed by atoms with Crippen LogP contribution < -0.4 is 4.74 Å². The van der Waals surface area contributed by atoms with Gasteiger partial charge in [0, 0.05) is 12.1 Å². The van der Waals surface area contributed by atoms with Crippen LogP contribution in [0.15, 0.2) is 30.6 Å². The van der Waals surface area contributed by atoms with Crippen LogP contribution in [0.5, 0.6) is 11.5 Å². The number of nitrogens with zero attached hydrogens (tertiary/aromatic N) is 2. The molecule has 1 aromatic carbocycles. The van der Waals surface area contributed by atoms with Crippen LogP contribution in [0.1, 0.15) is 17.3 Å². The van der Waals surface area contributed by atoms with Gasteiger partial charge in [-0.3, -0.25) is 9.48 Å². The molecule has 17 heavy (non-hydrogen) atoms. The maximum Gasteiger partial charge on any atom is 0.165 e. The molecule has 0 amide bonds. The summed E-state index contributed by atoms with van der Waals surface area (Å²) in [6.07, 6.45) is 4.14. The molecular weight excluding hydrogens is 240 g/mol. The number of aldehydes is 1. The maximum absolute atomic E-state index is 10.6. The Hall–Kier alpha value is -1.81. The number of ether oxygens (including phenoxy) is 1. The summed E-state index contributed by atoms with van der Waals surface area (Å²) in [4.78, 5) is 10.6. The van der Waals surface area contributed by atoms with Crippen molar-refractivity contribution in [3.63, 3.8) is 0 Å². The van der Waals surface area contributed by atoms with Gasteiger partial charge in [0.25, 0.3) is 0 Å². The first-order chi connectivity index (χ1) is 8.22. The molecule has 0 unspecified atom stereocenters. The molecule has 0 fully saturated rings. The van der Waals surface area contributed by atoms with Gasteiger partial charge < -0.3 is 4.74 Å². The van der Waals surface area contributed by atoms with E-state index in [9.17, 15) is 4.79 Å². The van der Waals surface area contributed by atoms with Crippen LogP contribution in [-0.4, -0.2) is 16.1 Å². The van der Waals surface area contributed by atoms with Crippen molar-refractivity contribution in [1.82, 2.24) is 9.78 Å². The Labute approximate surface area is 104 Å². The lowest BCUT2D eigenvalue weighted by atomic mass is 10.2. The van der Waals surface area contributed by atoms with E-state index in [2.05, 4.69) is 5.10 Å². The molecule has 2 rings (SSSR count). The summed E-state index contributed by atoms with van der Waals surface area (Å²) in [5.74, 6) is 1.13. The van der Waals surface area contributed by atoms with Gasteiger partial charge in [-0.15, -0.1) is 0 Å². The van der Waals surface area contributed by atoms with Crippen LogP contribution in [0.3, 0.4) is 0 Å². The molecular formula is C12H11ClN2O2. The lowest BCUT2D eigenvalue weighted by Gasteiger charge is -2.05. The number of halogens is 1. The first-order valence-electron chi connectivity index (χ1n) is 5.18. The van der Waals surface area contributed by atoms with Gasteiger partial charge in [0.2, 0.25) is 0 Å². The van der Waals surface area contributed by atoms with E-state index >= 15 is 0 Å². The van der Waals surface area contributed by atoms with E-state index < -0.39 is 0 Å². The highest BCUT2D eigenvalue weighted by Gasteiger charge is 2.05. The van der Waals surface area contributed by atoms with E-state index in [0.717, 1.165) is 12.8 Å². The van der Waals surface area contributed by atoms with Gasteiger partial charge in [0.15, 0.2) is 5.75 Å². The third-order valence-corrected chi connectivity index (χ3v) is 2.55. The van der Waals surface area contributed by atoms with E-state index in [0.29, 0.717) is 22.1 Å². The number of hydrogen-bond acceptors (Lipinski definition) is 3. The Kier molecular flexibility index (Phi) is 3.44. The van der Waals surface area contributed by atoms with Crippen LogP contribution in [0, 0.1) is 0 Å². The average molecular weight is 251 g/mol. The van der Waals surface area contributed by atoms with E-state index in [1.54, 1.807) is 35.3 Å². The molecule has 5 heteroatoms. The normalized spacial score (nSPS) is 10.2. The second-order valence-corrected chi connectivity index (χ2v) is 3.85. The van der Waals surface area contributed by atoms with Gasteiger partial charge in [-0.05, 0) is 25.1 Å². The fourth-order valence-electron chi connectivity index (χ4n) is 1.37. The first-order valence-corrected chi connectivity index (χ1v) is 5.55. The van der Waals surface area contributed by atoms with Gasteiger partial charge >= 0.3 is 0 Å². The van der Waals surface area contributed by atoms with E-state index in [1.807, 2.05) is 6.92 Å². The van der Waals surface area contributed by atoms with Crippen molar-refractivity contribution in [3.8, 4) is 11.5 Å². The topological polar surface area (TPSA) is 44.1 Å². The Morgan fingerprint density at radius 1 is 1.53 bits per heavy atom. The number of aromatic nitrogens is 2. The largest absolute Gasteiger partial charge is 0.452 e. The molecule has 0 spiro atoms. The second-order valence-electron chi connectivity index (χ2n) is 3.44. The van der Waals surface area contributed by atoms with Crippen molar-refractivity contribution in [3.05, 3.63) is 41.2 Å². The summed E-state index contributed by atoms with van der Waals surface area (Å²) in [5.41, 5.74) is 0.520. The molecule has 2 aromatic rings. The van der Waals surface area contributed by atoms with E-state index in [1.165, 1.54) is 0 Å². The van der Waals surface area contributed by atoms with Crippen molar-refractivity contribution < 1.29 is 9.53 Å². The molecule has 0 radical (unpaired) electrons. The van der Waals surface area contributed by atoms with Gasteiger partial charge in [0.1, 0.15) is 12.0 Å².